The molecule has 0 aliphatic carbocycles. The molecule has 0 unspecified atom stereocenters. The van der Waals surface area contributed by atoms with E-state index in [4.69, 9.17) is 28.9 Å². The molecule has 0 spiro atoms. The lowest BCUT2D eigenvalue weighted by atomic mass is 10.2. The molecule has 0 saturated carbocycles. The van der Waals surface area contributed by atoms with Gasteiger partial charge in [-0.05, 0) is 18.2 Å². The standard InChI is InChI=1S/C11H7Cl2F3N4/c12-6-2-1-5(11(14,15)16)3-7(6)20-10-8(17)9(13)18-4-19-10/h1-4H,17H2,(H,18,19,20). The van der Waals surface area contributed by atoms with Crippen molar-refractivity contribution < 1.29 is 13.2 Å². The molecule has 0 bridgehead atoms. The van der Waals surface area contributed by atoms with Crippen LogP contribution in [0.5, 0.6) is 0 Å². The van der Waals surface area contributed by atoms with E-state index in [-0.39, 0.29) is 27.4 Å². The first kappa shape index (κ1) is 14.7. The molecular formula is C11H7Cl2F3N4. The molecular weight excluding hydrogens is 316 g/mol. The number of alkyl halides is 3. The van der Waals surface area contributed by atoms with Crippen molar-refractivity contribution in [2.75, 3.05) is 11.1 Å². The highest BCUT2D eigenvalue weighted by Gasteiger charge is 2.31. The van der Waals surface area contributed by atoms with Gasteiger partial charge < -0.3 is 11.1 Å². The van der Waals surface area contributed by atoms with Gasteiger partial charge in [0.2, 0.25) is 0 Å². The average Bonchev–Trinajstić information content (AvgIpc) is 2.36. The number of hydrogen-bond donors (Lipinski definition) is 2. The van der Waals surface area contributed by atoms with Crippen LogP contribution < -0.4 is 11.1 Å². The maximum atomic E-state index is 12.6. The molecule has 1 aromatic carbocycles. The van der Waals surface area contributed by atoms with Crippen LogP contribution in [0.1, 0.15) is 5.56 Å². The molecule has 4 nitrogen and oxygen atoms in total. The van der Waals surface area contributed by atoms with E-state index in [0.717, 1.165) is 24.5 Å². The van der Waals surface area contributed by atoms with Crippen LogP contribution in [0, 0.1) is 0 Å². The summed E-state index contributed by atoms with van der Waals surface area (Å²) in [7, 11) is 0. The number of halogens is 5. The van der Waals surface area contributed by atoms with E-state index in [9.17, 15) is 13.2 Å². The number of hydrogen-bond acceptors (Lipinski definition) is 4. The van der Waals surface area contributed by atoms with Crippen molar-refractivity contribution in [3.63, 3.8) is 0 Å². The summed E-state index contributed by atoms with van der Waals surface area (Å²) in [5.74, 6) is 0.0752. The average molecular weight is 323 g/mol. The molecule has 2 rings (SSSR count). The lowest BCUT2D eigenvalue weighted by Crippen LogP contribution is -2.06. The Kier molecular flexibility index (Phi) is 3.92. The maximum Gasteiger partial charge on any atom is 0.416 e. The summed E-state index contributed by atoms with van der Waals surface area (Å²) in [5, 5.41) is 2.68. The zero-order valence-electron chi connectivity index (χ0n) is 9.67. The second-order valence-electron chi connectivity index (χ2n) is 3.74. The van der Waals surface area contributed by atoms with Crippen molar-refractivity contribution in [2.45, 2.75) is 6.18 Å². The van der Waals surface area contributed by atoms with Gasteiger partial charge in [-0.25, -0.2) is 9.97 Å². The fourth-order valence-corrected chi connectivity index (χ4v) is 1.70. The SMILES string of the molecule is Nc1c(Cl)ncnc1Nc1cc(C(F)(F)F)ccc1Cl. The summed E-state index contributed by atoms with van der Waals surface area (Å²) >= 11 is 11.5. The molecule has 1 heterocycles. The van der Waals surface area contributed by atoms with Crippen LogP contribution in [0.25, 0.3) is 0 Å². The molecule has 0 aliphatic heterocycles. The van der Waals surface area contributed by atoms with Crippen LogP contribution in [0.15, 0.2) is 24.5 Å². The summed E-state index contributed by atoms with van der Waals surface area (Å²) in [4.78, 5) is 7.43. The van der Waals surface area contributed by atoms with Crippen molar-refractivity contribution in [3.05, 3.63) is 40.3 Å². The Labute approximate surface area is 121 Å². The normalized spacial score (nSPS) is 11.4. The Balaban J connectivity index is 2.41. The van der Waals surface area contributed by atoms with Gasteiger partial charge in [-0.2, -0.15) is 13.2 Å². The predicted octanol–water partition coefficient (Wildman–Crippen LogP) is 4.13. The van der Waals surface area contributed by atoms with Crippen molar-refractivity contribution in [3.8, 4) is 0 Å². The van der Waals surface area contributed by atoms with Crippen LogP contribution in [0.4, 0.5) is 30.4 Å². The third-order valence-electron chi connectivity index (χ3n) is 2.38. The lowest BCUT2D eigenvalue weighted by Gasteiger charge is -2.13. The zero-order chi connectivity index (χ0) is 14.9. The number of anilines is 3. The molecule has 2 aromatic rings. The molecule has 0 radical (unpaired) electrons. The number of nitrogen functional groups attached to an aromatic ring is 1. The highest BCUT2D eigenvalue weighted by atomic mass is 35.5. The zero-order valence-corrected chi connectivity index (χ0v) is 11.2. The molecule has 0 fully saturated rings. The smallest absolute Gasteiger partial charge is 0.393 e. The Hall–Kier alpha value is -1.73. The molecule has 9 heteroatoms. The van der Waals surface area contributed by atoms with Crippen LogP contribution >= 0.6 is 23.2 Å². The van der Waals surface area contributed by atoms with Gasteiger partial charge in [0.15, 0.2) is 11.0 Å². The molecule has 3 N–H and O–H groups in total. The Morgan fingerprint density at radius 1 is 1.15 bits per heavy atom. The van der Waals surface area contributed by atoms with E-state index in [1.54, 1.807) is 0 Å². The van der Waals surface area contributed by atoms with E-state index in [2.05, 4.69) is 15.3 Å². The summed E-state index contributed by atoms with van der Waals surface area (Å²) in [6, 6.07) is 2.87. The van der Waals surface area contributed by atoms with Crippen LogP contribution in [-0.2, 0) is 6.18 Å². The van der Waals surface area contributed by atoms with Crippen LogP contribution in [0.2, 0.25) is 10.2 Å². The van der Waals surface area contributed by atoms with Crippen molar-refractivity contribution in [1.29, 1.82) is 0 Å². The van der Waals surface area contributed by atoms with Gasteiger partial charge in [0.1, 0.15) is 12.0 Å². The summed E-state index contributed by atoms with van der Waals surface area (Å²) in [6.45, 7) is 0. The second kappa shape index (κ2) is 5.34. The van der Waals surface area contributed by atoms with E-state index >= 15 is 0 Å². The minimum Gasteiger partial charge on any atom is -0.393 e. The van der Waals surface area contributed by atoms with E-state index in [1.807, 2.05) is 0 Å². The van der Waals surface area contributed by atoms with Crippen molar-refractivity contribution in [1.82, 2.24) is 9.97 Å². The predicted molar refractivity (Wildman–Crippen MR) is 71.2 cm³/mol. The second-order valence-corrected chi connectivity index (χ2v) is 4.51. The highest BCUT2D eigenvalue weighted by molar-refractivity contribution is 6.33. The molecule has 0 saturated heterocycles. The molecule has 1 aromatic heterocycles. The van der Waals surface area contributed by atoms with Crippen LogP contribution in [-0.4, -0.2) is 9.97 Å². The van der Waals surface area contributed by atoms with Gasteiger partial charge in [-0.1, -0.05) is 23.2 Å². The van der Waals surface area contributed by atoms with Gasteiger partial charge in [-0.15, -0.1) is 0 Å². The van der Waals surface area contributed by atoms with E-state index in [0.29, 0.717) is 0 Å². The summed E-state index contributed by atoms with van der Waals surface area (Å²) in [6.07, 6.45) is -3.35. The lowest BCUT2D eigenvalue weighted by molar-refractivity contribution is -0.137. The summed E-state index contributed by atoms with van der Waals surface area (Å²) in [5.41, 5.74) is 4.81. The Morgan fingerprint density at radius 3 is 2.50 bits per heavy atom. The van der Waals surface area contributed by atoms with Crippen molar-refractivity contribution >= 4 is 40.4 Å². The topological polar surface area (TPSA) is 63.8 Å². The Bertz CT molecular complexity index is 646. The quantitative estimate of drug-likeness (QED) is 0.816. The number of nitrogens with zero attached hydrogens (tertiary/aromatic N) is 2. The van der Waals surface area contributed by atoms with Gasteiger partial charge in [0.05, 0.1) is 16.3 Å². The summed E-state index contributed by atoms with van der Waals surface area (Å²) < 4.78 is 37.9. The third-order valence-corrected chi connectivity index (χ3v) is 3.01. The molecule has 106 valence electrons. The first-order valence-electron chi connectivity index (χ1n) is 5.19. The largest absolute Gasteiger partial charge is 0.416 e. The van der Waals surface area contributed by atoms with Crippen molar-refractivity contribution in [2.24, 2.45) is 0 Å². The fourth-order valence-electron chi connectivity index (χ4n) is 1.40. The first-order valence-corrected chi connectivity index (χ1v) is 5.94. The first-order chi connectivity index (χ1) is 9.29. The molecule has 20 heavy (non-hydrogen) atoms. The molecule has 0 atom stereocenters. The van der Waals surface area contributed by atoms with E-state index < -0.39 is 11.7 Å². The molecule has 0 aliphatic rings. The van der Waals surface area contributed by atoms with Gasteiger partial charge in [0, 0.05) is 0 Å². The third kappa shape index (κ3) is 3.05. The minimum atomic E-state index is -4.48. The highest BCUT2D eigenvalue weighted by Crippen LogP contribution is 2.35. The number of nitrogens with two attached hydrogens (primary N) is 1. The van der Waals surface area contributed by atoms with E-state index in [1.165, 1.54) is 0 Å². The monoisotopic (exact) mass is 322 g/mol. The molecule has 0 amide bonds. The number of aromatic nitrogens is 2. The van der Waals surface area contributed by atoms with Gasteiger partial charge >= 0.3 is 6.18 Å². The Morgan fingerprint density at radius 2 is 1.85 bits per heavy atom. The van der Waals surface area contributed by atoms with Gasteiger partial charge in [0.25, 0.3) is 0 Å². The maximum absolute atomic E-state index is 12.6. The minimum absolute atomic E-state index is 0.00871. The van der Waals surface area contributed by atoms with Gasteiger partial charge in [-0.3, -0.25) is 0 Å². The number of benzene rings is 1. The van der Waals surface area contributed by atoms with Crippen LogP contribution in [0.3, 0.4) is 0 Å². The fraction of sp³-hybridized carbons (Fsp3) is 0.0909. The number of nitrogens with one attached hydrogen (secondary N) is 1. The number of rotatable bonds is 2.